The molecule has 2 fully saturated rings. The van der Waals surface area contributed by atoms with Crippen molar-refractivity contribution < 1.29 is 30.8 Å². The minimum absolute atomic E-state index is 0.0166. The summed E-state index contributed by atoms with van der Waals surface area (Å²) in [6.07, 6.45) is 2.98. The summed E-state index contributed by atoms with van der Waals surface area (Å²) >= 11 is 0. The Kier molecular flexibility index (Phi) is 6.96. The number of aromatic nitrogens is 5. The molecule has 2 aliphatic carbocycles. The molecule has 2 aliphatic rings. The molecule has 5 rings (SSSR count). The molecule has 1 N–H and O–H groups in total. The minimum Gasteiger partial charge on any atom is -0.404 e. The Morgan fingerprint density at radius 3 is 2.62 bits per heavy atom. The first kappa shape index (κ1) is 25.6. The molecule has 200 valence electrons. The van der Waals surface area contributed by atoms with Crippen LogP contribution in [0.4, 0.5) is 13.2 Å². The first-order valence-electron chi connectivity index (χ1n) is 12.2. The van der Waals surface area contributed by atoms with Crippen LogP contribution in [0, 0.1) is 6.92 Å². The average molecular weight is 541 g/mol. The lowest BCUT2D eigenvalue weighted by Gasteiger charge is -2.30. The predicted molar refractivity (Wildman–Crippen MR) is 124 cm³/mol. The average Bonchev–Trinajstić information content (AvgIpc) is 3.59. The molecular formula is C23H27F3N6O4S. The van der Waals surface area contributed by atoms with Crippen molar-refractivity contribution in [3.8, 4) is 17.1 Å². The molecule has 2 atom stereocenters. The molecule has 2 saturated carbocycles. The number of alkyl halides is 3. The fraction of sp³-hybridized carbons (Fsp3) is 0.565. The van der Waals surface area contributed by atoms with E-state index in [0.717, 1.165) is 50.7 Å². The highest BCUT2D eigenvalue weighted by molar-refractivity contribution is 7.89. The third kappa shape index (κ3) is 5.79. The molecule has 1 aromatic carbocycles. The quantitative estimate of drug-likeness (QED) is 0.459. The third-order valence-corrected chi connectivity index (χ3v) is 8.54. The Morgan fingerprint density at radius 1 is 1.14 bits per heavy atom. The molecule has 0 amide bonds. The minimum atomic E-state index is -5.10. The van der Waals surface area contributed by atoms with Crippen LogP contribution < -0.4 is 9.46 Å². The summed E-state index contributed by atoms with van der Waals surface area (Å²) in [6, 6.07) is 2.92. The Bertz CT molecular complexity index is 1350. The standard InChI is InChI=1S/C23H27F3N6O4S/c1-14-29-27-13-32(14)18-8-4-7-17(12-18)31-37(33,34)20-10-9-16(11-19(20)35-23(24,25)26)21-28-22(36-30-21)15-5-2-3-6-15/h9-11,13,15,17-18,31H,2-8,12H2,1H3/t17-,18+/m0/s1. The number of rotatable bonds is 7. The summed E-state index contributed by atoms with van der Waals surface area (Å²) in [5.74, 6) is 0.482. The lowest BCUT2D eigenvalue weighted by molar-refractivity contribution is -0.275. The number of sulfonamides is 1. The maximum atomic E-state index is 13.3. The van der Waals surface area contributed by atoms with Gasteiger partial charge in [-0.3, -0.25) is 0 Å². The summed E-state index contributed by atoms with van der Waals surface area (Å²) in [4.78, 5) is 3.72. The lowest BCUT2D eigenvalue weighted by atomic mass is 9.91. The molecule has 2 aromatic heterocycles. The Hall–Kier alpha value is -3.00. The molecule has 2 heterocycles. The van der Waals surface area contributed by atoms with Gasteiger partial charge in [0.25, 0.3) is 0 Å². The zero-order valence-corrected chi connectivity index (χ0v) is 20.9. The first-order chi connectivity index (χ1) is 17.6. The normalized spacial score (nSPS) is 21.4. The van der Waals surface area contributed by atoms with E-state index in [1.807, 2.05) is 11.5 Å². The van der Waals surface area contributed by atoms with Crippen LogP contribution in [0.1, 0.15) is 75.0 Å². The van der Waals surface area contributed by atoms with Crippen molar-refractivity contribution in [2.45, 2.75) is 87.5 Å². The lowest BCUT2D eigenvalue weighted by Crippen LogP contribution is -2.39. The van der Waals surface area contributed by atoms with Gasteiger partial charge in [0.05, 0.1) is 0 Å². The van der Waals surface area contributed by atoms with E-state index in [2.05, 4.69) is 29.8 Å². The van der Waals surface area contributed by atoms with E-state index in [0.29, 0.717) is 24.6 Å². The number of hydrogen-bond donors (Lipinski definition) is 1. The van der Waals surface area contributed by atoms with Gasteiger partial charge in [0.15, 0.2) is 0 Å². The number of halogens is 3. The largest absolute Gasteiger partial charge is 0.573 e. The van der Waals surface area contributed by atoms with Gasteiger partial charge in [-0.25, -0.2) is 13.1 Å². The van der Waals surface area contributed by atoms with Gasteiger partial charge in [0.2, 0.25) is 21.7 Å². The summed E-state index contributed by atoms with van der Waals surface area (Å²) < 4.78 is 80.2. The van der Waals surface area contributed by atoms with Crippen LogP contribution in [0.25, 0.3) is 11.4 Å². The number of benzene rings is 1. The van der Waals surface area contributed by atoms with Gasteiger partial charge in [-0.05, 0) is 63.6 Å². The molecule has 0 saturated heterocycles. The number of nitrogens with one attached hydrogen (secondary N) is 1. The van der Waals surface area contributed by atoms with Crippen LogP contribution >= 0.6 is 0 Å². The SMILES string of the molecule is Cc1nncn1[C@@H]1CCC[C@H](NS(=O)(=O)c2ccc(-c3noc(C4CCCC4)n3)cc2OC(F)(F)F)C1. The zero-order chi connectivity index (χ0) is 26.2. The van der Waals surface area contributed by atoms with Crippen molar-refractivity contribution in [1.82, 2.24) is 29.6 Å². The van der Waals surface area contributed by atoms with Gasteiger partial charge in [-0.2, -0.15) is 4.98 Å². The number of hydrogen-bond acceptors (Lipinski definition) is 8. The zero-order valence-electron chi connectivity index (χ0n) is 20.1. The van der Waals surface area contributed by atoms with Gasteiger partial charge in [0.1, 0.15) is 22.8 Å². The van der Waals surface area contributed by atoms with Crippen LogP contribution in [0.5, 0.6) is 5.75 Å². The highest BCUT2D eigenvalue weighted by Gasteiger charge is 2.36. The summed E-state index contributed by atoms with van der Waals surface area (Å²) in [7, 11) is -4.35. The molecule has 0 radical (unpaired) electrons. The predicted octanol–water partition coefficient (Wildman–Crippen LogP) is 4.65. The fourth-order valence-electron chi connectivity index (χ4n) is 5.23. The Labute approximate surface area is 211 Å². The van der Waals surface area contributed by atoms with Crippen molar-refractivity contribution in [3.05, 3.63) is 36.2 Å². The van der Waals surface area contributed by atoms with E-state index in [-0.39, 0.29) is 23.3 Å². The van der Waals surface area contributed by atoms with Gasteiger partial charge in [-0.1, -0.05) is 18.0 Å². The molecule has 0 bridgehead atoms. The molecule has 14 heteroatoms. The second-order valence-corrected chi connectivity index (χ2v) is 11.3. The van der Waals surface area contributed by atoms with Gasteiger partial charge >= 0.3 is 6.36 Å². The molecule has 0 spiro atoms. The van der Waals surface area contributed by atoms with E-state index >= 15 is 0 Å². The molecule has 10 nitrogen and oxygen atoms in total. The molecule has 37 heavy (non-hydrogen) atoms. The third-order valence-electron chi connectivity index (χ3n) is 6.98. The van der Waals surface area contributed by atoms with Crippen molar-refractivity contribution >= 4 is 10.0 Å². The Balaban J connectivity index is 1.40. The second kappa shape index (κ2) is 10.0. The van der Waals surface area contributed by atoms with Crippen molar-refractivity contribution in [3.63, 3.8) is 0 Å². The maximum Gasteiger partial charge on any atom is 0.573 e. The second-order valence-electron chi connectivity index (χ2n) is 9.57. The van der Waals surface area contributed by atoms with Crippen LogP contribution in [-0.2, 0) is 10.0 Å². The van der Waals surface area contributed by atoms with Crippen molar-refractivity contribution in [2.24, 2.45) is 0 Å². The van der Waals surface area contributed by atoms with Crippen LogP contribution in [-0.4, -0.2) is 45.7 Å². The van der Waals surface area contributed by atoms with Crippen LogP contribution in [0.15, 0.2) is 33.9 Å². The monoisotopic (exact) mass is 540 g/mol. The smallest absolute Gasteiger partial charge is 0.404 e. The fourth-order valence-corrected chi connectivity index (χ4v) is 6.62. The van der Waals surface area contributed by atoms with Gasteiger partial charge in [-0.15, -0.1) is 23.4 Å². The van der Waals surface area contributed by atoms with Crippen LogP contribution in [0.3, 0.4) is 0 Å². The number of aryl methyl sites for hydroxylation is 1. The van der Waals surface area contributed by atoms with E-state index in [1.54, 1.807) is 6.33 Å². The van der Waals surface area contributed by atoms with E-state index in [1.165, 1.54) is 6.07 Å². The highest BCUT2D eigenvalue weighted by atomic mass is 32.2. The molecular weight excluding hydrogens is 513 g/mol. The van der Waals surface area contributed by atoms with Crippen LogP contribution in [0.2, 0.25) is 0 Å². The van der Waals surface area contributed by atoms with Gasteiger partial charge in [0, 0.05) is 23.6 Å². The summed E-state index contributed by atoms with van der Waals surface area (Å²) in [6.45, 7) is 1.81. The topological polar surface area (TPSA) is 125 Å². The summed E-state index contributed by atoms with van der Waals surface area (Å²) in [5, 5.41) is 11.8. The van der Waals surface area contributed by atoms with E-state index in [9.17, 15) is 21.6 Å². The molecule has 0 aliphatic heterocycles. The van der Waals surface area contributed by atoms with Crippen molar-refractivity contribution in [1.29, 1.82) is 0 Å². The Morgan fingerprint density at radius 2 is 1.92 bits per heavy atom. The molecule has 0 unspecified atom stereocenters. The van der Waals surface area contributed by atoms with E-state index < -0.39 is 33.1 Å². The maximum absolute atomic E-state index is 13.3. The van der Waals surface area contributed by atoms with E-state index in [4.69, 9.17) is 4.52 Å². The number of nitrogens with zero attached hydrogens (tertiary/aromatic N) is 5. The molecule has 3 aromatic rings. The highest BCUT2D eigenvalue weighted by Crippen LogP contribution is 2.37. The number of ether oxygens (including phenoxy) is 1. The first-order valence-corrected chi connectivity index (χ1v) is 13.7. The van der Waals surface area contributed by atoms with Gasteiger partial charge < -0.3 is 13.8 Å². The summed E-state index contributed by atoms with van der Waals surface area (Å²) in [5.41, 5.74) is 0.159. The van der Waals surface area contributed by atoms with Crippen molar-refractivity contribution in [2.75, 3.05) is 0 Å².